The van der Waals surface area contributed by atoms with Crippen LogP contribution in [0, 0.1) is 0 Å². The molecule has 6 aliphatic rings. The highest BCUT2D eigenvalue weighted by Gasteiger charge is 2.60. The average molecular weight is 1390 g/mol. The number of anilines is 2. The van der Waals surface area contributed by atoms with E-state index in [2.05, 4.69) is 30.1 Å². The number of fused-ring (bicyclic) bond motifs is 4. The van der Waals surface area contributed by atoms with Crippen LogP contribution in [0.15, 0.2) is 12.4 Å². The Bertz CT molecular complexity index is 3470. The third kappa shape index (κ3) is 16.0. The quantitative estimate of drug-likeness (QED) is 0.0343. The minimum Gasteiger partial charge on any atom is -0.464 e. The van der Waals surface area contributed by atoms with Gasteiger partial charge in [-0.25, -0.2) is 28.5 Å². The Labute approximate surface area is 551 Å². The summed E-state index contributed by atoms with van der Waals surface area (Å²) in [5, 5.41) is 8.14. The topological polar surface area (TPSA) is 316 Å². The Morgan fingerprint density at radius 3 is 1.43 bits per heavy atom. The van der Waals surface area contributed by atoms with Gasteiger partial charge in [-0.05, 0) is 159 Å². The van der Waals surface area contributed by atoms with Gasteiger partial charge < -0.3 is 70.7 Å². The molecule has 0 bridgehead atoms. The highest BCUT2D eigenvalue weighted by atomic mass is 35.5. The number of amides is 2. The summed E-state index contributed by atoms with van der Waals surface area (Å²) in [5.41, 5.74) is -0.824. The smallest absolute Gasteiger partial charge is 0.416 e. The van der Waals surface area contributed by atoms with Gasteiger partial charge in [0.1, 0.15) is 62.1 Å². The number of methoxy groups -OCH3 is 1. The predicted octanol–water partition coefficient (Wildman–Crippen LogP) is 10.2. The molecule has 2 unspecified atom stereocenters. The second-order valence-electron chi connectivity index (χ2n) is 27.6. The van der Waals surface area contributed by atoms with E-state index in [0.717, 1.165) is 51.4 Å². The lowest BCUT2D eigenvalue weighted by molar-refractivity contribution is -0.209. The van der Waals surface area contributed by atoms with Gasteiger partial charge in [0.15, 0.2) is 47.0 Å². The number of aromatic nitrogens is 8. The third-order valence-electron chi connectivity index (χ3n) is 16.3. The van der Waals surface area contributed by atoms with E-state index < -0.39 is 121 Å². The van der Waals surface area contributed by atoms with Crippen molar-refractivity contribution in [3.8, 4) is 0 Å². The van der Waals surface area contributed by atoms with Crippen molar-refractivity contribution < 1.29 is 89.9 Å². The van der Waals surface area contributed by atoms with Gasteiger partial charge >= 0.3 is 24.1 Å². The van der Waals surface area contributed by atoms with Crippen LogP contribution in [0.1, 0.15) is 147 Å². The predicted molar refractivity (Wildman–Crippen MR) is 341 cm³/mol. The second-order valence-corrected chi connectivity index (χ2v) is 35.0. The summed E-state index contributed by atoms with van der Waals surface area (Å²) in [5.74, 6) is -4.12. The summed E-state index contributed by atoms with van der Waals surface area (Å²) >= 11 is 13.0. The molecule has 10 rings (SSSR count). The Morgan fingerprint density at radius 2 is 1.05 bits per heavy atom. The maximum atomic E-state index is 13.6. The van der Waals surface area contributed by atoms with Crippen LogP contribution < -0.4 is 9.80 Å². The normalized spacial score (nSPS) is 25.7. The molecule has 0 aromatic carbocycles. The first-order valence-corrected chi connectivity index (χ1v) is 37.5. The van der Waals surface area contributed by atoms with E-state index in [4.69, 9.17) is 84.8 Å². The van der Waals surface area contributed by atoms with Crippen LogP contribution in [0.3, 0.4) is 0 Å². The standard InChI is InChI=1S/C31H47ClN5O10P.C29H43ClN5O9P/c1-10-42-26(38)31(17-41-7,48(8,9)40)43-16-20-21-22(46-30(5,6)45-21)25(44-20)37-24-19(15-33-37)23(34-27(32)35-24)36(18-13-11-12-14-18)28(39)47-29(2,3)4;1-9-39-24(36)25(45(7,8)38)40-15-18-19-20(43-29(5,6)42-19)23(41-18)35-22-17(14-31-35)21(32-26(30)33-22)34(16-12-10-11-13-16)27(37)44-28(2,3)4/h15,18,20-22,25H,10-14,16-17H2,1-9H3;14,16,18-20,23,25H,9-13,15H2,1-8H3/t20-,21-,22-,25-,31?;18-,19-,20-,23-,25?/m11/s1. The van der Waals surface area contributed by atoms with Crippen LogP contribution in [0.4, 0.5) is 21.2 Å². The van der Waals surface area contributed by atoms with Crippen LogP contribution in [0.25, 0.3) is 22.1 Å². The Morgan fingerprint density at radius 1 is 0.645 bits per heavy atom. The van der Waals surface area contributed by atoms with E-state index >= 15 is 0 Å². The lowest BCUT2D eigenvalue weighted by Gasteiger charge is -2.35. The summed E-state index contributed by atoms with van der Waals surface area (Å²) in [7, 11) is -4.95. The molecule has 6 fully saturated rings. The molecule has 4 saturated heterocycles. The van der Waals surface area contributed by atoms with Gasteiger partial charge in [-0.15, -0.1) is 0 Å². The van der Waals surface area contributed by atoms with E-state index in [1.54, 1.807) is 63.7 Å². The lowest BCUT2D eigenvalue weighted by Crippen LogP contribution is -2.49. The van der Waals surface area contributed by atoms with Crippen molar-refractivity contribution in [1.82, 2.24) is 39.5 Å². The minimum absolute atomic E-state index is 0.0659. The van der Waals surface area contributed by atoms with E-state index in [-0.39, 0.29) is 61.5 Å². The van der Waals surface area contributed by atoms with Gasteiger partial charge in [-0.1, -0.05) is 25.7 Å². The average Bonchev–Trinajstić information content (AvgIpc) is 1.60. The van der Waals surface area contributed by atoms with Gasteiger partial charge in [0.05, 0.1) is 56.2 Å². The van der Waals surface area contributed by atoms with Crippen LogP contribution >= 0.6 is 37.5 Å². The van der Waals surface area contributed by atoms with E-state index in [1.165, 1.54) is 43.1 Å². The van der Waals surface area contributed by atoms with Gasteiger partial charge in [-0.3, -0.25) is 9.80 Å². The van der Waals surface area contributed by atoms with Crippen molar-refractivity contribution >= 4 is 95.3 Å². The monoisotopic (exact) mass is 1390 g/mol. The SMILES string of the molecule is CCOC(=O)C(COC)(OC[C@H]1O[C@@H](n2ncc3c(N(C(=O)OC(C)(C)C)C4CCCC4)nc(Cl)nc32)[C@@H]2OC(C)(C)O[C@@H]21)P(C)(C)=O.CCOC(=O)C(OC[C@H]1O[C@@H](n2ncc3c(N(C(=O)OC(C)(C)C)C4CCCC4)nc(Cl)nc32)[C@@H]2OC(C)(C)O[C@@H]21)P(C)(C)=O. The summed E-state index contributed by atoms with van der Waals surface area (Å²) < 4.78 is 107. The van der Waals surface area contributed by atoms with Gasteiger partial charge in [0.2, 0.25) is 21.8 Å². The molecule has 518 valence electrons. The molecule has 93 heavy (non-hydrogen) atoms. The van der Waals surface area contributed by atoms with Crippen molar-refractivity contribution in [3.63, 3.8) is 0 Å². The fourth-order valence-electron chi connectivity index (χ4n) is 12.5. The number of rotatable bonds is 20. The minimum atomic E-state index is -3.31. The van der Waals surface area contributed by atoms with Crippen molar-refractivity contribution in [3.05, 3.63) is 23.0 Å². The highest BCUT2D eigenvalue weighted by molar-refractivity contribution is 7.65. The Kier molecular flexibility index (Phi) is 21.8. The van der Waals surface area contributed by atoms with Crippen LogP contribution in [0.5, 0.6) is 0 Å². The summed E-state index contributed by atoms with van der Waals surface area (Å²) in [4.78, 5) is 74.0. The maximum Gasteiger partial charge on any atom is 0.416 e. The maximum absolute atomic E-state index is 13.6. The van der Waals surface area contributed by atoms with E-state index in [9.17, 15) is 28.3 Å². The molecular formula is C60H90Cl2N10O19P2. The first kappa shape index (κ1) is 72.5. The molecule has 2 amide bonds. The first-order valence-electron chi connectivity index (χ1n) is 31.5. The van der Waals surface area contributed by atoms with E-state index in [1.807, 2.05) is 41.5 Å². The molecular weight excluding hydrogens is 1300 g/mol. The number of hydrogen-bond acceptors (Lipinski definition) is 25. The Hall–Kier alpha value is -4.74. The van der Waals surface area contributed by atoms with Crippen molar-refractivity contribution in [2.45, 2.75) is 230 Å². The molecule has 8 heterocycles. The largest absolute Gasteiger partial charge is 0.464 e. The number of esters is 2. The molecule has 0 radical (unpaired) electrons. The zero-order valence-corrected chi connectivity index (χ0v) is 59.4. The summed E-state index contributed by atoms with van der Waals surface area (Å²) in [6.07, 6.45) is 3.21. The molecule has 33 heteroatoms. The molecule has 10 atom stereocenters. The van der Waals surface area contributed by atoms with E-state index in [0.29, 0.717) is 27.9 Å². The molecule has 2 saturated carbocycles. The number of hydrogen-bond donors (Lipinski definition) is 0. The van der Waals surface area contributed by atoms with Gasteiger partial charge in [-0.2, -0.15) is 30.1 Å². The van der Waals surface area contributed by atoms with Gasteiger partial charge in [0, 0.05) is 19.2 Å². The number of ether oxygens (including phenoxy) is 13. The van der Waals surface area contributed by atoms with Crippen molar-refractivity contribution in [1.29, 1.82) is 0 Å². The fourth-order valence-corrected chi connectivity index (χ4v) is 15.2. The highest BCUT2D eigenvalue weighted by Crippen LogP contribution is 2.55. The number of halogens is 2. The summed E-state index contributed by atoms with van der Waals surface area (Å²) in [6, 6.07) is -0.267. The zero-order valence-electron chi connectivity index (χ0n) is 56.1. The lowest BCUT2D eigenvalue weighted by atomic mass is 10.1. The molecule has 4 aromatic rings. The molecule has 4 aromatic heterocycles. The molecule has 4 aliphatic heterocycles. The van der Waals surface area contributed by atoms with Crippen LogP contribution in [-0.4, -0.2) is 213 Å². The first-order chi connectivity index (χ1) is 43.4. The third-order valence-corrected chi connectivity index (χ3v) is 20.3. The van der Waals surface area contributed by atoms with Crippen LogP contribution in [0.2, 0.25) is 10.6 Å². The molecule has 29 nitrogen and oxygen atoms in total. The molecule has 0 spiro atoms. The van der Waals surface area contributed by atoms with Gasteiger partial charge in [0.25, 0.3) is 0 Å². The second kappa shape index (κ2) is 28.0. The number of carbonyl (C=O) groups excluding carboxylic acids is 4. The molecule has 0 N–H and O–H groups in total. The summed E-state index contributed by atoms with van der Waals surface area (Å²) in [6.45, 7) is 26.7. The number of carbonyl (C=O) groups is 4. The Balaban J connectivity index is 0.000000220. The van der Waals surface area contributed by atoms with Crippen molar-refractivity contribution in [2.75, 3.05) is 76.6 Å². The fraction of sp³-hybridized carbons (Fsp3) is 0.767. The molecule has 2 aliphatic carbocycles. The number of nitrogens with zero attached hydrogens (tertiary/aromatic N) is 10. The van der Waals surface area contributed by atoms with Crippen molar-refractivity contribution in [2.24, 2.45) is 0 Å². The van der Waals surface area contributed by atoms with Crippen LogP contribution in [-0.2, 0) is 80.3 Å². The zero-order chi connectivity index (χ0) is 68.1.